The summed E-state index contributed by atoms with van der Waals surface area (Å²) >= 11 is 7.63. The Morgan fingerprint density at radius 3 is 2.73 bits per heavy atom. The molecule has 2 aromatic carbocycles. The first-order valence-electron chi connectivity index (χ1n) is 8.49. The average molecular weight is 385 g/mol. The summed E-state index contributed by atoms with van der Waals surface area (Å²) in [6.45, 7) is -0.0967. The van der Waals surface area contributed by atoms with E-state index in [1.54, 1.807) is 0 Å². The number of nitrogens with one attached hydrogen (secondary N) is 2. The highest BCUT2D eigenvalue weighted by molar-refractivity contribution is 7.21. The van der Waals surface area contributed by atoms with Gasteiger partial charge in [0.25, 0.3) is 5.91 Å². The number of aryl methyl sites for hydroxylation is 2. The van der Waals surface area contributed by atoms with E-state index in [4.69, 9.17) is 11.6 Å². The smallest absolute Gasteiger partial charge is 0.263 e. The van der Waals surface area contributed by atoms with Crippen molar-refractivity contribution < 1.29 is 9.59 Å². The Balaban J connectivity index is 1.39. The minimum atomic E-state index is -0.333. The number of halogens is 1. The number of hydrogen-bond acceptors (Lipinski definition) is 3. The molecule has 0 bridgehead atoms. The van der Waals surface area contributed by atoms with Crippen molar-refractivity contribution in [2.45, 2.75) is 19.3 Å². The molecule has 0 radical (unpaired) electrons. The molecule has 132 valence electrons. The van der Waals surface area contributed by atoms with Crippen LogP contribution in [-0.2, 0) is 17.6 Å². The fourth-order valence-corrected chi connectivity index (χ4v) is 4.69. The maximum absolute atomic E-state index is 12.4. The summed E-state index contributed by atoms with van der Waals surface area (Å²) in [5.41, 5.74) is 3.42. The monoisotopic (exact) mass is 384 g/mol. The molecule has 26 heavy (non-hydrogen) atoms. The van der Waals surface area contributed by atoms with E-state index in [1.807, 2.05) is 36.4 Å². The summed E-state index contributed by atoms with van der Waals surface area (Å²) in [7, 11) is 0. The molecule has 3 aromatic rings. The first kappa shape index (κ1) is 17.1. The van der Waals surface area contributed by atoms with Crippen molar-refractivity contribution in [3.63, 3.8) is 0 Å². The summed E-state index contributed by atoms with van der Waals surface area (Å²) in [6.07, 6.45) is 3.33. The summed E-state index contributed by atoms with van der Waals surface area (Å²) in [6, 6.07) is 13.6. The molecule has 6 heteroatoms. The number of rotatable bonds is 4. The molecule has 1 heterocycles. The first-order chi connectivity index (χ1) is 12.6. The van der Waals surface area contributed by atoms with E-state index in [0.29, 0.717) is 9.90 Å². The van der Waals surface area contributed by atoms with Crippen LogP contribution in [0.3, 0.4) is 0 Å². The van der Waals surface area contributed by atoms with Gasteiger partial charge in [-0.2, -0.15) is 0 Å². The number of carbonyl (C=O) groups is 2. The maximum atomic E-state index is 12.4. The van der Waals surface area contributed by atoms with Crippen molar-refractivity contribution in [3.05, 3.63) is 63.5 Å². The molecule has 0 spiro atoms. The third-order valence-corrected chi connectivity index (χ3v) is 6.21. The Bertz CT molecular complexity index is 1010. The van der Waals surface area contributed by atoms with Gasteiger partial charge in [0.15, 0.2) is 0 Å². The van der Waals surface area contributed by atoms with Crippen molar-refractivity contribution in [2.24, 2.45) is 0 Å². The molecule has 0 saturated carbocycles. The predicted octanol–water partition coefficient (Wildman–Crippen LogP) is 4.41. The Labute approximate surface area is 160 Å². The number of hydrogen-bond donors (Lipinski definition) is 2. The number of amides is 2. The minimum Gasteiger partial charge on any atom is -0.342 e. The van der Waals surface area contributed by atoms with Gasteiger partial charge in [-0.25, -0.2) is 0 Å². The third kappa shape index (κ3) is 3.32. The van der Waals surface area contributed by atoms with Crippen molar-refractivity contribution in [2.75, 3.05) is 11.9 Å². The lowest BCUT2D eigenvalue weighted by Gasteiger charge is -2.08. The van der Waals surface area contributed by atoms with Gasteiger partial charge in [-0.05, 0) is 48.6 Å². The molecule has 0 fully saturated rings. The Morgan fingerprint density at radius 1 is 1.08 bits per heavy atom. The van der Waals surface area contributed by atoms with Gasteiger partial charge >= 0.3 is 0 Å². The SMILES string of the molecule is O=C(CNC(=O)c1sc2ccccc2c1Cl)Nc1ccc2c(c1)CCC2. The molecule has 1 aliphatic rings. The molecule has 2 N–H and O–H groups in total. The lowest BCUT2D eigenvalue weighted by atomic mass is 10.1. The van der Waals surface area contributed by atoms with Gasteiger partial charge in [0, 0.05) is 15.8 Å². The van der Waals surface area contributed by atoms with E-state index in [1.165, 1.54) is 28.9 Å². The molecule has 0 atom stereocenters. The molecule has 0 aliphatic heterocycles. The fourth-order valence-electron chi connectivity index (χ4n) is 3.26. The van der Waals surface area contributed by atoms with Crippen molar-refractivity contribution >= 4 is 50.5 Å². The van der Waals surface area contributed by atoms with Crippen LogP contribution in [0.1, 0.15) is 27.2 Å². The van der Waals surface area contributed by atoms with Crippen LogP contribution in [0.4, 0.5) is 5.69 Å². The van der Waals surface area contributed by atoms with Gasteiger partial charge in [-0.15, -0.1) is 11.3 Å². The molecular weight excluding hydrogens is 368 g/mol. The number of thiophene rings is 1. The van der Waals surface area contributed by atoms with Gasteiger partial charge in [0.1, 0.15) is 4.88 Å². The highest BCUT2D eigenvalue weighted by atomic mass is 35.5. The fraction of sp³-hybridized carbons (Fsp3) is 0.200. The second-order valence-corrected chi connectivity index (χ2v) is 7.74. The largest absolute Gasteiger partial charge is 0.342 e. The molecule has 0 unspecified atom stereocenters. The summed E-state index contributed by atoms with van der Waals surface area (Å²) in [4.78, 5) is 25.0. The van der Waals surface area contributed by atoms with Crippen molar-refractivity contribution in [1.82, 2.24) is 5.32 Å². The zero-order chi connectivity index (χ0) is 18.1. The summed E-state index contributed by atoms with van der Waals surface area (Å²) in [5.74, 6) is -0.589. The lowest BCUT2D eigenvalue weighted by Crippen LogP contribution is -2.32. The standard InChI is InChI=1S/C20H17ClN2O2S/c21-18-15-6-1-2-7-16(15)26-19(18)20(25)22-11-17(24)23-14-9-8-12-4-3-5-13(12)10-14/h1-2,6-10H,3-5,11H2,(H,22,25)(H,23,24). The average Bonchev–Trinajstić information content (AvgIpc) is 3.24. The molecular formula is C20H17ClN2O2S. The summed E-state index contributed by atoms with van der Waals surface area (Å²) in [5, 5.41) is 6.77. The minimum absolute atomic E-state index is 0.0967. The molecule has 0 saturated heterocycles. The van der Waals surface area contributed by atoms with Crippen LogP contribution in [0.2, 0.25) is 5.02 Å². The predicted molar refractivity (Wildman–Crippen MR) is 106 cm³/mol. The van der Waals surface area contributed by atoms with Crippen molar-refractivity contribution in [1.29, 1.82) is 0 Å². The maximum Gasteiger partial charge on any atom is 0.263 e. The second kappa shape index (κ2) is 7.09. The number of carbonyl (C=O) groups excluding carboxylic acids is 2. The van der Waals surface area contributed by atoms with Gasteiger partial charge < -0.3 is 10.6 Å². The van der Waals surface area contributed by atoms with Gasteiger partial charge in [0.2, 0.25) is 5.91 Å². The van der Waals surface area contributed by atoms with Crippen molar-refractivity contribution in [3.8, 4) is 0 Å². The van der Waals surface area contributed by atoms with E-state index in [-0.39, 0.29) is 18.4 Å². The van der Waals surface area contributed by atoms with Gasteiger partial charge in [0.05, 0.1) is 11.6 Å². The van der Waals surface area contributed by atoms with Gasteiger partial charge in [-0.1, -0.05) is 35.9 Å². The third-order valence-electron chi connectivity index (χ3n) is 4.53. The summed E-state index contributed by atoms with van der Waals surface area (Å²) < 4.78 is 0.949. The molecule has 4 rings (SSSR count). The lowest BCUT2D eigenvalue weighted by molar-refractivity contribution is -0.115. The molecule has 1 aliphatic carbocycles. The van der Waals surface area contributed by atoms with E-state index in [2.05, 4.69) is 16.7 Å². The highest BCUT2D eigenvalue weighted by Crippen LogP contribution is 2.34. The first-order valence-corrected chi connectivity index (χ1v) is 9.68. The van der Waals surface area contributed by atoms with Crippen LogP contribution < -0.4 is 10.6 Å². The van der Waals surface area contributed by atoms with E-state index in [0.717, 1.165) is 28.6 Å². The number of benzene rings is 2. The van der Waals surface area contributed by atoms with Crippen LogP contribution in [0.15, 0.2) is 42.5 Å². The van der Waals surface area contributed by atoms with E-state index in [9.17, 15) is 9.59 Å². The van der Waals surface area contributed by atoms with Crippen LogP contribution in [-0.4, -0.2) is 18.4 Å². The number of fused-ring (bicyclic) bond motifs is 2. The second-order valence-electron chi connectivity index (χ2n) is 6.31. The van der Waals surface area contributed by atoms with Crippen LogP contribution in [0, 0.1) is 0 Å². The Hall–Kier alpha value is -2.37. The number of anilines is 1. The van der Waals surface area contributed by atoms with E-state index < -0.39 is 0 Å². The van der Waals surface area contributed by atoms with Crippen LogP contribution in [0.5, 0.6) is 0 Å². The molecule has 1 aromatic heterocycles. The molecule has 2 amide bonds. The normalized spacial score (nSPS) is 12.8. The van der Waals surface area contributed by atoms with Crippen LogP contribution >= 0.6 is 22.9 Å². The topological polar surface area (TPSA) is 58.2 Å². The highest BCUT2D eigenvalue weighted by Gasteiger charge is 2.18. The van der Waals surface area contributed by atoms with E-state index >= 15 is 0 Å². The zero-order valence-electron chi connectivity index (χ0n) is 14.0. The molecule has 4 nitrogen and oxygen atoms in total. The Morgan fingerprint density at radius 2 is 1.88 bits per heavy atom. The Kier molecular flexibility index (Phi) is 4.66. The zero-order valence-corrected chi connectivity index (χ0v) is 15.5. The van der Waals surface area contributed by atoms with Gasteiger partial charge in [-0.3, -0.25) is 9.59 Å². The quantitative estimate of drug-likeness (QED) is 0.699. The van der Waals surface area contributed by atoms with Crippen LogP contribution in [0.25, 0.3) is 10.1 Å².